The second-order valence-electron chi connectivity index (χ2n) is 4.58. The highest BCUT2D eigenvalue weighted by atomic mass is 35.5. The van der Waals surface area contributed by atoms with Crippen molar-refractivity contribution < 1.29 is 14.3 Å². The van der Waals surface area contributed by atoms with Crippen molar-refractivity contribution in [1.82, 2.24) is 4.98 Å². The van der Waals surface area contributed by atoms with Crippen molar-refractivity contribution >= 4 is 17.6 Å². The van der Waals surface area contributed by atoms with Crippen molar-refractivity contribution in [1.29, 1.82) is 0 Å². The van der Waals surface area contributed by atoms with Gasteiger partial charge in [0.1, 0.15) is 11.3 Å². The highest BCUT2D eigenvalue weighted by Gasteiger charge is 2.28. The van der Waals surface area contributed by atoms with E-state index in [9.17, 15) is 9.59 Å². The third-order valence-electron chi connectivity index (χ3n) is 3.25. The molecule has 0 unspecified atom stereocenters. The van der Waals surface area contributed by atoms with Gasteiger partial charge in [-0.05, 0) is 25.3 Å². The number of hydrogen-bond donors (Lipinski definition) is 1. The molecule has 6 heteroatoms. The molecule has 1 aromatic rings. The number of carbonyl (C=O) groups is 1. The molecule has 0 radical (unpaired) electrons. The smallest absolute Gasteiger partial charge is 0.338 e. The summed E-state index contributed by atoms with van der Waals surface area (Å²) in [6, 6.07) is 2.56. The minimum absolute atomic E-state index is 0.0739. The van der Waals surface area contributed by atoms with Gasteiger partial charge < -0.3 is 14.5 Å². The summed E-state index contributed by atoms with van der Waals surface area (Å²) >= 11 is 5.70. The van der Waals surface area contributed by atoms with Gasteiger partial charge in [0.25, 0.3) is 0 Å². The Morgan fingerprint density at radius 2 is 2.00 bits per heavy atom. The number of ether oxygens (including phenoxy) is 2. The van der Waals surface area contributed by atoms with Gasteiger partial charge in [-0.15, -0.1) is 0 Å². The molecule has 1 N–H and O–H groups in total. The lowest BCUT2D eigenvalue weighted by molar-refractivity contribution is -0.0539. The number of aromatic amines is 1. The molecule has 0 amide bonds. The quantitative estimate of drug-likeness (QED) is 0.682. The van der Waals surface area contributed by atoms with E-state index < -0.39 is 11.5 Å². The van der Waals surface area contributed by atoms with Gasteiger partial charge in [-0.2, -0.15) is 0 Å². The standard InChI is InChI=1S/C13H16ClNO4/c1-18-9-4-2-3-5-10(9)19-13(17)8-6-11(14)15-12(16)7-8/h6-7,9-10H,2-5H2,1H3,(H,15,16)/t9-,10+/m1/s1. The van der Waals surface area contributed by atoms with E-state index in [-0.39, 0.29) is 22.9 Å². The maximum absolute atomic E-state index is 12.0. The lowest BCUT2D eigenvalue weighted by atomic mass is 9.94. The molecule has 0 spiro atoms. The Labute approximate surface area is 115 Å². The van der Waals surface area contributed by atoms with Crippen LogP contribution in [0.1, 0.15) is 36.0 Å². The van der Waals surface area contributed by atoms with E-state index in [1.807, 2.05) is 0 Å². The first-order chi connectivity index (χ1) is 9.10. The number of nitrogens with one attached hydrogen (secondary N) is 1. The Kier molecular flexibility index (Phi) is 4.61. The van der Waals surface area contributed by atoms with Crippen molar-refractivity contribution in [3.05, 3.63) is 33.2 Å². The van der Waals surface area contributed by atoms with Crippen LogP contribution in [0.3, 0.4) is 0 Å². The second-order valence-corrected chi connectivity index (χ2v) is 4.99. The van der Waals surface area contributed by atoms with Crippen LogP contribution in [0.15, 0.2) is 16.9 Å². The van der Waals surface area contributed by atoms with Crippen molar-refractivity contribution in [2.45, 2.75) is 37.9 Å². The lowest BCUT2D eigenvalue weighted by Crippen LogP contribution is -2.35. The molecular weight excluding hydrogens is 270 g/mol. The Morgan fingerprint density at radius 3 is 2.63 bits per heavy atom. The van der Waals surface area contributed by atoms with Gasteiger partial charge in [0, 0.05) is 13.2 Å². The van der Waals surface area contributed by atoms with Gasteiger partial charge >= 0.3 is 5.97 Å². The molecule has 0 bridgehead atoms. The molecule has 1 heterocycles. The molecule has 19 heavy (non-hydrogen) atoms. The van der Waals surface area contributed by atoms with Crippen LogP contribution in [-0.4, -0.2) is 30.3 Å². The number of esters is 1. The summed E-state index contributed by atoms with van der Waals surface area (Å²) in [5.74, 6) is -0.540. The maximum atomic E-state index is 12.0. The average Bonchev–Trinajstić information content (AvgIpc) is 2.38. The summed E-state index contributed by atoms with van der Waals surface area (Å²) < 4.78 is 10.7. The molecule has 0 saturated heterocycles. The number of rotatable bonds is 3. The Bertz CT molecular complexity index is 514. The van der Waals surface area contributed by atoms with E-state index in [0.717, 1.165) is 25.7 Å². The van der Waals surface area contributed by atoms with Gasteiger partial charge in [-0.25, -0.2) is 4.79 Å². The summed E-state index contributed by atoms with van der Waals surface area (Å²) in [6.07, 6.45) is 3.41. The zero-order valence-corrected chi connectivity index (χ0v) is 11.4. The predicted octanol–water partition coefficient (Wildman–Crippen LogP) is 2.14. The lowest BCUT2D eigenvalue weighted by Gasteiger charge is -2.29. The van der Waals surface area contributed by atoms with Crippen molar-refractivity contribution in [2.75, 3.05) is 7.11 Å². The SMILES string of the molecule is CO[C@@H]1CCCC[C@@H]1OC(=O)c1cc(Cl)[nH]c(=O)c1. The molecule has 0 aliphatic heterocycles. The van der Waals surface area contributed by atoms with Crippen LogP contribution in [0.5, 0.6) is 0 Å². The highest BCUT2D eigenvalue weighted by molar-refractivity contribution is 6.29. The van der Waals surface area contributed by atoms with Gasteiger partial charge in [0.2, 0.25) is 5.56 Å². The van der Waals surface area contributed by atoms with Crippen LogP contribution in [0, 0.1) is 0 Å². The van der Waals surface area contributed by atoms with Gasteiger partial charge in [0.05, 0.1) is 11.7 Å². The third-order valence-corrected chi connectivity index (χ3v) is 3.45. The zero-order valence-electron chi connectivity index (χ0n) is 10.6. The molecule has 104 valence electrons. The fraction of sp³-hybridized carbons (Fsp3) is 0.538. The molecule has 2 rings (SSSR count). The van der Waals surface area contributed by atoms with Crippen LogP contribution >= 0.6 is 11.6 Å². The summed E-state index contributed by atoms with van der Waals surface area (Å²) in [5.41, 5.74) is -0.263. The van der Waals surface area contributed by atoms with Crippen LogP contribution in [0.25, 0.3) is 0 Å². The highest BCUT2D eigenvalue weighted by Crippen LogP contribution is 2.24. The first-order valence-electron chi connectivity index (χ1n) is 6.24. The molecule has 1 saturated carbocycles. The minimum Gasteiger partial charge on any atom is -0.456 e. The maximum Gasteiger partial charge on any atom is 0.338 e. The summed E-state index contributed by atoms with van der Waals surface area (Å²) in [6.45, 7) is 0. The molecule has 1 aromatic heterocycles. The normalized spacial score (nSPS) is 23.1. The summed E-state index contributed by atoms with van der Waals surface area (Å²) in [7, 11) is 1.61. The van der Waals surface area contributed by atoms with E-state index >= 15 is 0 Å². The number of aromatic nitrogens is 1. The number of H-pyrrole nitrogens is 1. The van der Waals surface area contributed by atoms with E-state index in [4.69, 9.17) is 21.1 Å². The van der Waals surface area contributed by atoms with E-state index in [0.29, 0.717) is 0 Å². The van der Waals surface area contributed by atoms with Crippen LogP contribution in [-0.2, 0) is 9.47 Å². The Hall–Kier alpha value is -1.33. The molecule has 0 aromatic carbocycles. The molecule has 2 atom stereocenters. The Morgan fingerprint density at radius 1 is 1.32 bits per heavy atom. The van der Waals surface area contributed by atoms with E-state index in [1.165, 1.54) is 12.1 Å². The first-order valence-corrected chi connectivity index (χ1v) is 6.61. The van der Waals surface area contributed by atoms with Crippen LogP contribution in [0.2, 0.25) is 5.15 Å². The topological polar surface area (TPSA) is 68.4 Å². The van der Waals surface area contributed by atoms with Crippen molar-refractivity contribution in [2.24, 2.45) is 0 Å². The van der Waals surface area contributed by atoms with Crippen molar-refractivity contribution in [3.63, 3.8) is 0 Å². The fourth-order valence-electron chi connectivity index (χ4n) is 2.30. The Balaban J connectivity index is 2.09. The van der Waals surface area contributed by atoms with Gasteiger partial charge in [-0.1, -0.05) is 18.0 Å². The average molecular weight is 286 g/mol. The predicted molar refractivity (Wildman–Crippen MR) is 70.5 cm³/mol. The number of methoxy groups -OCH3 is 1. The fourth-order valence-corrected chi connectivity index (χ4v) is 2.51. The number of carbonyl (C=O) groups excluding carboxylic acids is 1. The number of halogens is 1. The number of pyridine rings is 1. The zero-order chi connectivity index (χ0) is 13.8. The third kappa shape index (κ3) is 3.58. The first kappa shape index (κ1) is 14.1. The molecule has 1 fully saturated rings. The van der Waals surface area contributed by atoms with Crippen LogP contribution in [0.4, 0.5) is 0 Å². The summed E-state index contributed by atoms with van der Waals surface area (Å²) in [5, 5.41) is 0.117. The van der Waals surface area contributed by atoms with Gasteiger partial charge in [0.15, 0.2) is 0 Å². The molecular formula is C13H16ClNO4. The molecule has 5 nitrogen and oxygen atoms in total. The largest absolute Gasteiger partial charge is 0.456 e. The van der Waals surface area contributed by atoms with E-state index in [1.54, 1.807) is 7.11 Å². The molecule has 1 aliphatic rings. The van der Waals surface area contributed by atoms with Crippen LogP contribution < -0.4 is 5.56 Å². The molecule has 1 aliphatic carbocycles. The van der Waals surface area contributed by atoms with Crippen molar-refractivity contribution in [3.8, 4) is 0 Å². The monoisotopic (exact) mass is 285 g/mol. The number of hydrogen-bond acceptors (Lipinski definition) is 4. The second kappa shape index (κ2) is 6.21. The van der Waals surface area contributed by atoms with E-state index in [2.05, 4.69) is 4.98 Å². The van der Waals surface area contributed by atoms with Gasteiger partial charge in [-0.3, -0.25) is 4.79 Å². The minimum atomic E-state index is -0.540. The summed E-state index contributed by atoms with van der Waals surface area (Å²) in [4.78, 5) is 25.6.